The van der Waals surface area contributed by atoms with E-state index in [0.717, 1.165) is 5.52 Å². The number of hydrogen-bond acceptors (Lipinski definition) is 2. The van der Waals surface area contributed by atoms with Gasteiger partial charge in [-0.2, -0.15) is 0 Å². The van der Waals surface area contributed by atoms with Crippen molar-refractivity contribution in [3.8, 4) is 0 Å². The lowest BCUT2D eigenvalue weighted by molar-refractivity contribution is 0.445. The summed E-state index contributed by atoms with van der Waals surface area (Å²) in [6, 6.07) is 3.64. The largest absolute Gasteiger partial charge is 0.309 e. The summed E-state index contributed by atoms with van der Waals surface area (Å²) in [5.74, 6) is 0.939. The molecule has 0 fully saturated rings. The molecule has 74 valence electrons. The second kappa shape index (κ2) is 3.92. The summed E-state index contributed by atoms with van der Waals surface area (Å²) in [5, 5.41) is 0. The van der Waals surface area contributed by atoms with Gasteiger partial charge < -0.3 is 4.57 Å². The van der Waals surface area contributed by atoms with Gasteiger partial charge in [0.1, 0.15) is 18.0 Å². The van der Waals surface area contributed by atoms with Gasteiger partial charge in [0.25, 0.3) is 0 Å². The van der Waals surface area contributed by atoms with Crippen LogP contribution in [0.25, 0.3) is 11.2 Å². The molecule has 0 unspecified atom stereocenters. The normalized spacial score (nSPS) is 11.0. The third-order valence-electron chi connectivity index (χ3n) is 2.01. The SMILES string of the molecule is FCCn1c(CCl)nc2cccnc21. The van der Waals surface area contributed by atoms with E-state index in [4.69, 9.17) is 11.6 Å². The molecule has 2 heterocycles. The van der Waals surface area contributed by atoms with Gasteiger partial charge in [0, 0.05) is 6.20 Å². The maximum atomic E-state index is 12.3. The predicted octanol–water partition coefficient (Wildman–Crippen LogP) is 2.14. The molecule has 2 rings (SSSR count). The molecule has 2 aromatic heterocycles. The van der Waals surface area contributed by atoms with Gasteiger partial charge in [0.2, 0.25) is 0 Å². The number of fused-ring (bicyclic) bond motifs is 1. The summed E-state index contributed by atoms with van der Waals surface area (Å²) in [5.41, 5.74) is 1.46. The van der Waals surface area contributed by atoms with Crippen LogP contribution in [0.2, 0.25) is 0 Å². The zero-order valence-electron chi connectivity index (χ0n) is 7.45. The molecule has 0 aromatic carbocycles. The zero-order valence-corrected chi connectivity index (χ0v) is 8.21. The number of aryl methyl sites for hydroxylation is 1. The third-order valence-corrected chi connectivity index (χ3v) is 2.25. The average Bonchev–Trinajstić information content (AvgIpc) is 2.58. The van der Waals surface area contributed by atoms with Crippen molar-refractivity contribution in [3.05, 3.63) is 24.2 Å². The van der Waals surface area contributed by atoms with E-state index in [1.54, 1.807) is 16.8 Å². The van der Waals surface area contributed by atoms with Gasteiger partial charge in [0.05, 0.1) is 12.4 Å². The number of halogens is 2. The minimum atomic E-state index is -0.439. The molecule has 0 bridgehead atoms. The van der Waals surface area contributed by atoms with Crippen LogP contribution >= 0.6 is 11.6 Å². The first-order chi connectivity index (χ1) is 6.86. The first-order valence-corrected chi connectivity index (χ1v) is 4.82. The fourth-order valence-electron chi connectivity index (χ4n) is 1.43. The summed E-state index contributed by atoms with van der Waals surface area (Å²) in [6.45, 7) is -0.179. The van der Waals surface area contributed by atoms with Gasteiger partial charge in [-0.15, -0.1) is 11.6 Å². The Balaban J connectivity index is 2.61. The van der Waals surface area contributed by atoms with E-state index in [9.17, 15) is 4.39 Å². The van der Waals surface area contributed by atoms with Crippen LogP contribution in [0.1, 0.15) is 5.82 Å². The van der Waals surface area contributed by atoms with E-state index >= 15 is 0 Å². The molecule has 0 saturated carbocycles. The number of pyridine rings is 1. The number of hydrogen-bond donors (Lipinski definition) is 0. The van der Waals surface area contributed by atoms with E-state index in [2.05, 4.69) is 9.97 Å². The number of nitrogens with zero attached hydrogens (tertiary/aromatic N) is 3. The van der Waals surface area contributed by atoms with Crippen LogP contribution in [0.15, 0.2) is 18.3 Å². The quantitative estimate of drug-likeness (QED) is 0.732. The van der Waals surface area contributed by atoms with Crippen molar-refractivity contribution < 1.29 is 4.39 Å². The maximum Gasteiger partial charge on any atom is 0.160 e. The Kier molecular flexibility index (Phi) is 2.63. The molecular formula is C9H9ClFN3. The van der Waals surface area contributed by atoms with Crippen molar-refractivity contribution in [3.63, 3.8) is 0 Å². The lowest BCUT2D eigenvalue weighted by Crippen LogP contribution is -2.04. The van der Waals surface area contributed by atoms with Crippen LogP contribution in [0.3, 0.4) is 0 Å². The average molecular weight is 214 g/mol. The Hall–Kier alpha value is -1.16. The first-order valence-electron chi connectivity index (χ1n) is 4.29. The Morgan fingerprint density at radius 2 is 2.36 bits per heavy atom. The van der Waals surface area contributed by atoms with Gasteiger partial charge >= 0.3 is 0 Å². The van der Waals surface area contributed by atoms with Crippen molar-refractivity contribution in [2.75, 3.05) is 6.67 Å². The van der Waals surface area contributed by atoms with E-state index < -0.39 is 6.67 Å². The molecule has 0 radical (unpaired) electrons. The molecule has 0 N–H and O–H groups in total. The van der Waals surface area contributed by atoms with Crippen LogP contribution in [0.4, 0.5) is 4.39 Å². The number of imidazole rings is 1. The highest BCUT2D eigenvalue weighted by Gasteiger charge is 2.09. The summed E-state index contributed by atoms with van der Waals surface area (Å²) >= 11 is 5.71. The van der Waals surface area contributed by atoms with Crippen LogP contribution in [-0.2, 0) is 12.4 Å². The molecule has 0 atom stereocenters. The highest BCUT2D eigenvalue weighted by molar-refractivity contribution is 6.16. The number of aromatic nitrogens is 3. The van der Waals surface area contributed by atoms with Gasteiger partial charge in [-0.1, -0.05) is 0 Å². The minimum Gasteiger partial charge on any atom is -0.309 e. The fourth-order valence-corrected chi connectivity index (χ4v) is 1.63. The molecule has 0 aliphatic carbocycles. The molecular weight excluding hydrogens is 205 g/mol. The minimum absolute atomic E-state index is 0.259. The lowest BCUT2D eigenvalue weighted by Gasteiger charge is -2.02. The van der Waals surface area contributed by atoms with Crippen molar-refractivity contribution in [2.45, 2.75) is 12.4 Å². The maximum absolute atomic E-state index is 12.3. The highest BCUT2D eigenvalue weighted by atomic mass is 35.5. The van der Waals surface area contributed by atoms with E-state index in [-0.39, 0.29) is 12.4 Å². The Bertz CT molecular complexity index is 441. The second-order valence-electron chi connectivity index (χ2n) is 2.85. The zero-order chi connectivity index (χ0) is 9.97. The van der Waals surface area contributed by atoms with Gasteiger partial charge in [-0.25, -0.2) is 14.4 Å². The Labute approximate surface area is 85.5 Å². The van der Waals surface area contributed by atoms with Crippen LogP contribution in [0, 0.1) is 0 Å². The topological polar surface area (TPSA) is 30.7 Å². The van der Waals surface area contributed by atoms with Gasteiger partial charge in [-0.3, -0.25) is 0 Å². The van der Waals surface area contributed by atoms with Gasteiger partial charge in [-0.05, 0) is 12.1 Å². The number of alkyl halides is 2. The second-order valence-corrected chi connectivity index (χ2v) is 3.12. The summed E-state index contributed by atoms with van der Waals surface area (Å²) in [6.07, 6.45) is 1.66. The lowest BCUT2D eigenvalue weighted by atomic mass is 10.4. The molecule has 2 aromatic rings. The molecule has 5 heteroatoms. The summed E-state index contributed by atoms with van der Waals surface area (Å²) in [4.78, 5) is 8.40. The standard InChI is InChI=1S/C9H9ClFN3/c10-6-8-13-7-2-1-4-12-9(7)14(8)5-3-11/h1-2,4H,3,5-6H2. The number of rotatable bonds is 3. The molecule has 0 saturated heterocycles. The van der Waals surface area contributed by atoms with E-state index in [0.29, 0.717) is 11.5 Å². The molecule has 0 amide bonds. The molecule has 0 spiro atoms. The van der Waals surface area contributed by atoms with E-state index in [1.165, 1.54) is 0 Å². The van der Waals surface area contributed by atoms with E-state index in [1.807, 2.05) is 6.07 Å². The predicted molar refractivity (Wildman–Crippen MR) is 53.1 cm³/mol. The molecule has 3 nitrogen and oxygen atoms in total. The van der Waals surface area contributed by atoms with Crippen molar-refractivity contribution in [2.24, 2.45) is 0 Å². The molecule has 0 aliphatic rings. The van der Waals surface area contributed by atoms with Crippen molar-refractivity contribution in [1.82, 2.24) is 14.5 Å². The van der Waals surface area contributed by atoms with Crippen molar-refractivity contribution >= 4 is 22.8 Å². The Morgan fingerprint density at radius 3 is 3.07 bits per heavy atom. The Morgan fingerprint density at radius 1 is 1.50 bits per heavy atom. The first kappa shape index (κ1) is 9.40. The highest BCUT2D eigenvalue weighted by Crippen LogP contribution is 2.14. The van der Waals surface area contributed by atoms with Crippen LogP contribution in [-0.4, -0.2) is 21.2 Å². The monoisotopic (exact) mass is 213 g/mol. The van der Waals surface area contributed by atoms with Crippen LogP contribution in [0.5, 0.6) is 0 Å². The van der Waals surface area contributed by atoms with Gasteiger partial charge in [0.15, 0.2) is 5.65 Å². The van der Waals surface area contributed by atoms with Crippen LogP contribution < -0.4 is 0 Å². The smallest absolute Gasteiger partial charge is 0.160 e. The summed E-state index contributed by atoms with van der Waals surface area (Å²) < 4.78 is 14.0. The molecule has 14 heavy (non-hydrogen) atoms. The summed E-state index contributed by atoms with van der Waals surface area (Å²) in [7, 11) is 0. The fraction of sp³-hybridized carbons (Fsp3) is 0.333. The van der Waals surface area contributed by atoms with Crippen molar-refractivity contribution in [1.29, 1.82) is 0 Å². The third kappa shape index (κ3) is 1.46. The molecule has 0 aliphatic heterocycles.